The fraction of sp³-hybridized carbons (Fsp3) is 0.483. The summed E-state index contributed by atoms with van der Waals surface area (Å²) in [6.07, 6.45) is 22.5. The first kappa shape index (κ1) is 21.1. The van der Waals surface area contributed by atoms with Crippen LogP contribution in [0.4, 0.5) is 0 Å². The first-order valence-electron chi connectivity index (χ1n) is 12.1. The average Bonchev–Trinajstić information content (AvgIpc) is 3.16. The average molecular weight is 400 g/mol. The molecule has 0 amide bonds. The van der Waals surface area contributed by atoms with E-state index in [-0.39, 0.29) is 0 Å². The normalized spacial score (nSPS) is 29.1. The SMILES string of the molecule is CC.CC12CCCCC1CN=C2c1ccccc1CCC1=CC=CC2CC=CC=C12. The second-order valence-corrected chi connectivity index (χ2v) is 9.18. The van der Waals surface area contributed by atoms with Gasteiger partial charge in [0.2, 0.25) is 0 Å². The maximum Gasteiger partial charge on any atom is 0.0485 e. The largest absolute Gasteiger partial charge is 0.288 e. The zero-order valence-electron chi connectivity index (χ0n) is 19.0. The number of allylic oxidation sites excluding steroid dienone is 8. The molecule has 0 radical (unpaired) electrons. The van der Waals surface area contributed by atoms with Crippen LogP contribution in [-0.4, -0.2) is 12.3 Å². The van der Waals surface area contributed by atoms with Gasteiger partial charge in [0.05, 0.1) is 0 Å². The van der Waals surface area contributed by atoms with E-state index in [1.807, 2.05) is 13.8 Å². The Hall–Kier alpha value is -2.15. The van der Waals surface area contributed by atoms with E-state index in [2.05, 4.69) is 67.6 Å². The van der Waals surface area contributed by atoms with E-state index in [9.17, 15) is 0 Å². The van der Waals surface area contributed by atoms with Crippen molar-refractivity contribution in [3.8, 4) is 0 Å². The summed E-state index contributed by atoms with van der Waals surface area (Å²) in [5.41, 5.74) is 7.65. The van der Waals surface area contributed by atoms with Gasteiger partial charge >= 0.3 is 0 Å². The third-order valence-corrected chi connectivity index (χ3v) is 7.56. The van der Waals surface area contributed by atoms with Crippen LogP contribution in [-0.2, 0) is 6.42 Å². The molecule has 1 aromatic carbocycles. The quantitative estimate of drug-likeness (QED) is 0.493. The molecule has 0 aromatic heterocycles. The van der Waals surface area contributed by atoms with Crippen molar-refractivity contribution < 1.29 is 0 Å². The molecule has 1 heteroatoms. The molecule has 0 N–H and O–H groups in total. The molecule has 1 aromatic rings. The van der Waals surface area contributed by atoms with E-state index in [0.717, 1.165) is 31.7 Å². The summed E-state index contributed by atoms with van der Waals surface area (Å²) >= 11 is 0. The van der Waals surface area contributed by atoms with Crippen LogP contribution in [0, 0.1) is 17.3 Å². The summed E-state index contributed by atoms with van der Waals surface area (Å²) < 4.78 is 0. The van der Waals surface area contributed by atoms with Crippen molar-refractivity contribution in [3.63, 3.8) is 0 Å². The lowest BCUT2D eigenvalue weighted by Gasteiger charge is -2.37. The lowest BCUT2D eigenvalue weighted by atomic mass is 9.65. The van der Waals surface area contributed by atoms with Crippen LogP contribution in [0.5, 0.6) is 0 Å². The fourth-order valence-corrected chi connectivity index (χ4v) is 5.83. The van der Waals surface area contributed by atoms with Crippen molar-refractivity contribution in [3.05, 3.63) is 83.0 Å². The van der Waals surface area contributed by atoms with Crippen LogP contribution in [0.2, 0.25) is 0 Å². The lowest BCUT2D eigenvalue weighted by molar-refractivity contribution is 0.220. The van der Waals surface area contributed by atoms with Crippen molar-refractivity contribution in [1.82, 2.24) is 0 Å². The second-order valence-electron chi connectivity index (χ2n) is 9.18. The molecule has 158 valence electrons. The van der Waals surface area contributed by atoms with E-state index in [0.29, 0.717) is 11.3 Å². The summed E-state index contributed by atoms with van der Waals surface area (Å²) in [5, 5.41) is 0. The van der Waals surface area contributed by atoms with Crippen molar-refractivity contribution in [2.24, 2.45) is 22.2 Å². The van der Waals surface area contributed by atoms with Gasteiger partial charge in [-0.3, -0.25) is 4.99 Å². The minimum atomic E-state index is 0.295. The molecule has 1 heterocycles. The smallest absolute Gasteiger partial charge is 0.0485 e. The van der Waals surface area contributed by atoms with Gasteiger partial charge in [0.25, 0.3) is 0 Å². The third kappa shape index (κ3) is 3.92. The molecular formula is C29H37N. The first-order valence-corrected chi connectivity index (χ1v) is 12.1. The van der Waals surface area contributed by atoms with E-state index in [1.54, 1.807) is 0 Å². The Bertz CT molecular complexity index is 910. The van der Waals surface area contributed by atoms with Gasteiger partial charge in [0.15, 0.2) is 0 Å². The number of hydrogen-bond acceptors (Lipinski definition) is 1. The summed E-state index contributed by atoms with van der Waals surface area (Å²) in [6.45, 7) is 7.52. The highest BCUT2D eigenvalue weighted by Crippen LogP contribution is 2.48. The summed E-state index contributed by atoms with van der Waals surface area (Å²) in [6, 6.07) is 9.07. The first-order chi connectivity index (χ1) is 14.8. The maximum absolute atomic E-state index is 5.11. The molecule has 3 aliphatic carbocycles. The van der Waals surface area contributed by atoms with Crippen LogP contribution < -0.4 is 0 Å². The highest BCUT2D eigenvalue weighted by Gasteiger charge is 2.45. The van der Waals surface area contributed by atoms with Crippen LogP contribution in [0.25, 0.3) is 0 Å². The molecule has 5 rings (SSSR count). The van der Waals surface area contributed by atoms with E-state index in [1.165, 1.54) is 53.7 Å². The number of benzene rings is 1. The van der Waals surface area contributed by atoms with Gasteiger partial charge in [0.1, 0.15) is 0 Å². The van der Waals surface area contributed by atoms with Gasteiger partial charge < -0.3 is 0 Å². The molecule has 3 atom stereocenters. The van der Waals surface area contributed by atoms with Gasteiger partial charge in [-0.15, -0.1) is 0 Å². The third-order valence-electron chi connectivity index (χ3n) is 7.56. The van der Waals surface area contributed by atoms with Crippen molar-refractivity contribution in [2.45, 2.75) is 65.7 Å². The van der Waals surface area contributed by atoms with Gasteiger partial charge in [0, 0.05) is 23.6 Å². The molecule has 1 nitrogen and oxygen atoms in total. The number of rotatable bonds is 4. The standard InChI is InChI=1S/C27H31N.C2H6/c1-27-18-7-6-13-23(27)19-28-26(27)25-15-5-3-10-22(25)17-16-21-12-8-11-20-9-2-4-14-24(20)21;1-2/h2-5,8,10-12,14-15,20,23H,6-7,9,13,16-19H2,1H3;1-2H3. The summed E-state index contributed by atoms with van der Waals surface area (Å²) in [4.78, 5) is 5.11. The lowest BCUT2D eigenvalue weighted by Crippen LogP contribution is -2.35. The molecule has 1 fully saturated rings. The van der Waals surface area contributed by atoms with Crippen LogP contribution in [0.15, 0.2) is 76.9 Å². The predicted molar refractivity (Wildman–Crippen MR) is 130 cm³/mol. The van der Waals surface area contributed by atoms with Crippen LogP contribution in [0.1, 0.15) is 70.4 Å². The molecule has 0 saturated heterocycles. The fourth-order valence-electron chi connectivity index (χ4n) is 5.83. The van der Waals surface area contributed by atoms with E-state index in [4.69, 9.17) is 4.99 Å². The Kier molecular flexibility index (Phi) is 6.56. The van der Waals surface area contributed by atoms with Crippen molar-refractivity contribution in [2.75, 3.05) is 6.54 Å². The molecule has 4 aliphatic rings. The van der Waals surface area contributed by atoms with Crippen molar-refractivity contribution in [1.29, 1.82) is 0 Å². The van der Waals surface area contributed by atoms with E-state index >= 15 is 0 Å². The molecular weight excluding hydrogens is 362 g/mol. The minimum absolute atomic E-state index is 0.295. The Morgan fingerprint density at radius 1 is 1.03 bits per heavy atom. The highest BCUT2D eigenvalue weighted by molar-refractivity contribution is 6.07. The Morgan fingerprint density at radius 2 is 1.90 bits per heavy atom. The van der Waals surface area contributed by atoms with Gasteiger partial charge in [-0.1, -0.05) is 94.3 Å². The number of fused-ring (bicyclic) bond motifs is 2. The number of aryl methyl sites for hydroxylation is 1. The molecule has 1 aliphatic heterocycles. The predicted octanol–water partition coefficient (Wildman–Crippen LogP) is 7.64. The zero-order valence-corrected chi connectivity index (χ0v) is 19.0. The molecule has 0 spiro atoms. The molecule has 1 saturated carbocycles. The van der Waals surface area contributed by atoms with E-state index < -0.39 is 0 Å². The maximum atomic E-state index is 5.11. The summed E-state index contributed by atoms with van der Waals surface area (Å²) in [7, 11) is 0. The number of nitrogens with zero attached hydrogens (tertiary/aromatic N) is 1. The van der Waals surface area contributed by atoms with Crippen molar-refractivity contribution >= 4 is 5.71 Å². The van der Waals surface area contributed by atoms with Gasteiger partial charge in [-0.05, 0) is 60.3 Å². The molecule has 3 unspecified atom stereocenters. The van der Waals surface area contributed by atoms with Gasteiger partial charge in [-0.2, -0.15) is 0 Å². The van der Waals surface area contributed by atoms with Gasteiger partial charge in [-0.25, -0.2) is 0 Å². The zero-order chi connectivity index (χ0) is 21.0. The Labute approximate surface area is 183 Å². The molecule has 30 heavy (non-hydrogen) atoms. The Morgan fingerprint density at radius 3 is 2.80 bits per heavy atom. The highest BCUT2D eigenvalue weighted by atomic mass is 14.8. The van der Waals surface area contributed by atoms with Crippen LogP contribution >= 0.6 is 0 Å². The monoisotopic (exact) mass is 399 g/mol. The second kappa shape index (κ2) is 9.33. The minimum Gasteiger partial charge on any atom is -0.288 e. The topological polar surface area (TPSA) is 12.4 Å². The number of hydrogen-bond donors (Lipinski definition) is 0. The van der Waals surface area contributed by atoms with Crippen LogP contribution in [0.3, 0.4) is 0 Å². The summed E-state index contributed by atoms with van der Waals surface area (Å²) in [5.74, 6) is 1.34. The Balaban J connectivity index is 0.00000106. The molecule has 0 bridgehead atoms. The number of aliphatic imine (C=N–C) groups is 1.